The summed E-state index contributed by atoms with van der Waals surface area (Å²) in [6.07, 6.45) is 0. The van der Waals surface area contributed by atoms with Crippen molar-refractivity contribution in [3.05, 3.63) is 76.8 Å². The first-order chi connectivity index (χ1) is 12.6. The summed E-state index contributed by atoms with van der Waals surface area (Å²) in [6, 6.07) is 19.3. The number of rotatable bonds is 3. The quantitative estimate of drug-likeness (QED) is 0.456. The predicted octanol–water partition coefficient (Wildman–Crippen LogP) is 5.22. The summed E-state index contributed by atoms with van der Waals surface area (Å²) >= 11 is 3.37. The molecule has 0 atom stereocenters. The van der Waals surface area contributed by atoms with Gasteiger partial charge in [0.2, 0.25) is 5.89 Å². The Morgan fingerprint density at radius 3 is 2.62 bits per heavy atom. The fourth-order valence-electron chi connectivity index (χ4n) is 2.62. The Bertz CT molecular complexity index is 1090. The number of halogens is 1. The Balaban J connectivity index is 1.68. The van der Waals surface area contributed by atoms with Crippen molar-refractivity contribution in [2.75, 3.05) is 5.32 Å². The molecule has 0 saturated carbocycles. The summed E-state index contributed by atoms with van der Waals surface area (Å²) in [4.78, 5) is 16.9. The van der Waals surface area contributed by atoms with Crippen molar-refractivity contribution in [3.63, 3.8) is 0 Å². The van der Waals surface area contributed by atoms with E-state index in [0.29, 0.717) is 38.3 Å². The number of para-hydroxylation sites is 2. The molecule has 1 heterocycles. The van der Waals surface area contributed by atoms with Gasteiger partial charge in [-0.25, -0.2) is 4.98 Å². The third-order valence-electron chi connectivity index (χ3n) is 3.90. The Labute approximate surface area is 157 Å². The van der Waals surface area contributed by atoms with Crippen LogP contribution in [0.3, 0.4) is 0 Å². The first-order valence-electron chi connectivity index (χ1n) is 7.86. The number of anilines is 1. The topological polar surface area (TPSA) is 75.4 Å². The highest BCUT2D eigenvalue weighted by atomic mass is 79.9. The van der Waals surface area contributed by atoms with Gasteiger partial charge in [0, 0.05) is 10.2 Å². The molecule has 0 bridgehead atoms. The van der Waals surface area contributed by atoms with Gasteiger partial charge < -0.3 is 14.8 Å². The lowest BCUT2D eigenvalue weighted by atomic mass is 10.1. The maximum atomic E-state index is 12.5. The lowest BCUT2D eigenvalue weighted by Crippen LogP contribution is -2.12. The van der Waals surface area contributed by atoms with Crippen molar-refractivity contribution in [2.45, 2.75) is 0 Å². The molecule has 26 heavy (non-hydrogen) atoms. The Hall–Kier alpha value is -3.12. The number of carbonyl (C=O) groups excluding carboxylic acids is 1. The molecule has 4 rings (SSSR count). The maximum Gasteiger partial charge on any atom is 0.256 e. The van der Waals surface area contributed by atoms with Crippen LogP contribution in [0.15, 0.2) is 75.6 Å². The zero-order chi connectivity index (χ0) is 18.1. The molecule has 0 radical (unpaired) electrons. The van der Waals surface area contributed by atoms with Crippen LogP contribution in [0.25, 0.3) is 22.6 Å². The van der Waals surface area contributed by atoms with E-state index in [-0.39, 0.29) is 11.7 Å². The second kappa shape index (κ2) is 6.65. The van der Waals surface area contributed by atoms with Gasteiger partial charge in [0.25, 0.3) is 5.91 Å². The van der Waals surface area contributed by atoms with Gasteiger partial charge in [0.1, 0.15) is 11.3 Å². The summed E-state index contributed by atoms with van der Waals surface area (Å²) in [5, 5.41) is 13.0. The van der Waals surface area contributed by atoms with Crippen molar-refractivity contribution in [1.29, 1.82) is 0 Å². The van der Waals surface area contributed by atoms with Gasteiger partial charge in [-0.15, -0.1) is 0 Å². The maximum absolute atomic E-state index is 12.5. The molecule has 0 fully saturated rings. The first kappa shape index (κ1) is 16.4. The molecule has 0 aliphatic heterocycles. The molecule has 0 unspecified atom stereocenters. The van der Waals surface area contributed by atoms with E-state index in [1.165, 1.54) is 6.07 Å². The van der Waals surface area contributed by atoms with Gasteiger partial charge in [-0.05, 0) is 58.4 Å². The molecule has 128 valence electrons. The lowest BCUT2D eigenvalue weighted by molar-refractivity contribution is 0.102. The fraction of sp³-hybridized carbons (Fsp3) is 0. The number of fused-ring (bicyclic) bond motifs is 1. The zero-order valence-electron chi connectivity index (χ0n) is 13.4. The van der Waals surface area contributed by atoms with Crippen molar-refractivity contribution in [2.24, 2.45) is 0 Å². The van der Waals surface area contributed by atoms with Gasteiger partial charge in [-0.1, -0.05) is 24.3 Å². The minimum Gasteiger partial charge on any atom is -0.507 e. The second-order valence-electron chi connectivity index (χ2n) is 5.65. The molecule has 1 aromatic heterocycles. The van der Waals surface area contributed by atoms with Crippen LogP contribution < -0.4 is 5.32 Å². The van der Waals surface area contributed by atoms with Gasteiger partial charge in [0.15, 0.2) is 5.58 Å². The number of hydrogen-bond donors (Lipinski definition) is 2. The average Bonchev–Trinajstić information content (AvgIpc) is 3.07. The summed E-state index contributed by atoms with van der Waals surface area (Å²) < 4.78 is 6.41. The van der Waals surface area contributed by atoms with Gasteiger partial charge >= 0.3 is 0 Å². The standard InChI is InChI=1S/C20H13BrN2O3/c21-15-6-2-1-5-13(15)19(25)22-12-9-10-17(24)14(11-12)20-23-16-7-3-4-8-18(16)26-20/h1-11,24H,(H,22,25). The van der Waals surface area contributed by atoms with Crippen molar-refractivity contribution < 1.29 is 14.3 Å². The van der Waals surface area contributed by atoms with Crippen LogP contribution in [0, 0.1) is 0 Å². The molecule has 3 aromatic carbocycles. The lowest BCUT2D eigenvalue weighted by Gasteiger charge is -2.08. The molecule has 6 heteroatoms. The van der Waals surface area contributed by atoms with Crippen LogP contribution in [-0.2, 0) is 0 Å². The number of hydrogen-bond acceptors (Lipinski definition) is 4. The number of phenols is 1. The van der Waals surface area contributed by atoms with Crippen LogP contribution >= 0.6 is 15.9 Å². The number of oxazole rings is 1. The van der Waals surface area contributed by atoms with Gasteiger partial charge in [0.05, 0.1) is 11.1 Å². The third-order valence-corrected chi connectivity index (χ3v) is 4.59. The molecular formula is C20H13BrN2O3. The number of nitrogens with one attached hydrogen (secondary N) is 1. The molecule has 2 N–H and O–H groups in total. The normalized spacial score (nSPS) is 10.8. The number of aromatic nitrogens is 1. The summed E-state index contributed by atoms with van der Waals surface area (Å²) in [5.74, 6) is 0.0582. The monoisotopic (exact) mass is 408 g/mol. The number of amides is 1. The third kappa shape index (κ3) is 3.07. The zero-order valence-corrected chi connectivity index (χ0v) is 15.0. The highest BCUT2D eigenvalue weighted by molar-refractivity contribution is 9.10. The molecular weight excluding hydrogens is 396 g/mol. The summed E-state index contributed by atoms with van der Waals surface area (Å²) in [5.41, 5.74) is 2.78. The van der Waals surface area contributed by atoms with E-state index >= 15 is 0 Å². The smallest absolute Gasteiger partial charge is 0.256 e. The number of nitrogens with zero attached hydrogens (tertiary/aromatic N) is 1. The van der Waals surface area contributed by atoms with Gasteiger partial charge in [-0.3, -0.25) is 4.79 Å². The van der Waals surface area contributed by atoms with E-state index in [2.05, 4.69) is 26.2 Å². The van der Waals surface area contributed by atoms with Crippen molar-refractivity contribution in [3.8, 4) is 17.2 Å². The molecule has 4 aromatic rings. The van der Waals surface area contributed by atoms with Crippen LogP contribution in [0.1, 0.15) is 10.4 Å². The Kier molecular flexibility index (Phi) is 4.18. The summed E-state index contributed by atoms with van der Waals surface area (Å²) in [7, 11) is 0. The molecule has 5 nitrogen and oxygen atoms in total. The minimum absolute atomic E-state index is 0.0236. The largest absolute Gasteiger partial charge is 0.507 e. The number of benzene rings is 3. The van der Waals surface area contributed by atoms with Crippen LogP contribution in [0.5, 0.6) is 5.75 Å². The van der Waals surface area contributed by atoms with Crippen LogP contribution in [0.2, 0.25) is 0 Å². The van der Waals surface area contributed by atoms with E-state index < -0.39 is 0 Å². The van der Waals surface area contributed by atoms with E-state index in [0.717, 1.165) is 0 Å². The highest BCUT2D eigenvalue weighted by Gasteiger charge is 2.15. The molecule has 0 spiro atoms. The van der Waals surface area contributed by atoms with E-state index in [9.17, 15) is 9.90 Å². The van der Waals surface area contributed by atoms with Crippen molar-refractivity contribution >= 4 is 38.6 Å². The molecule has 0 aliphatic rings. The average molecular weight is 409 g/mol. The fourth-order valence-corrected chi connectivity index (χ4v) is 3.08. The molecule has 0 aliphatic carbocycles. The Morgan fingerprint density at radius 2 is 1.81 bits per heavy atom. The van der Waals surface area contributed by atoms with E-state index in [4.69, 9.17) is 4.42 Å². The highest BCUT2D eigenvalue weighted by Crippen LogP contribution is 2.33. The number of aromatic hydroxyl groups is 1. The predicted molar refractivity (Wildman–Crippen MR) is 103 cm³/mol. The van der Waals surface area contributed by atoms with E-state index in [1.54, 1.807) is 36.4 Å². The summed E-state index contributed by atoms with van der Waals surface area (Å²) in [6.45, 7) is 0. The number of carbonyl (C=O) groups is 1. The van der Waals surface area contributed by atoms with Gasteiger partial charge in [-0.2, -0.15) is 0 Å². The van der Waals surface area contributed by atoms with Crippen LogP contribution in [0.4, 0.5) is 5.69 Å². The number of phenolic OH excluding ortho intramolecular Hbond substituents is 1. The second-order valence-corrected chi connectivity index (χ2v) is 6.51. The minimum atomic E-state index is -0.258. The van der Waals surface area contributed by atoms with E-state index in [1.807, 2.05) is 24.3 Å². The van der Waals surface area contributed by atoms with Crippen LogP contribution in [-0.4, -0.2) is 16.0 Å². The molecule has 0 saturated heterocycles. The Morgan fingerprint density at radius 1 is 1.04 bits per heavy atom. The molecule has 1 amide bonds. The first-order valence-corrected chi connectivity index (χ1v) is 8.66. The van der Waals surface area contributed by atoms with Crippen molar-refractivity contribution in [1.82, 2.24) is 4.98 Å². The SMILES string of the molecule is O=C(Nc1ccc(O)c(-c2nc3ccccc3o2)c1)c1ccccc1Br.